The van der Waals surface area contributed by atoms with Gasteiger partial charge in [-0.25, -0.2) is 4.98 Å². The minimum absolute atomic E-state index is 0.0807. The average Bonchev–Trinajstić information content (AvgIpc) is 3.37. The van der Waals surface area contributed by atoms with Crippen LogP contribution in [0.25, 0.3) is 21.8 Å². The number of nitrogens with one attached hydrogen (secondary N) is 2. The molecule has 134 valence electrons. The molecule has 0 spiro atoms. The molecular weight excluding hydrogens is 344 g/mol. The Labute approximate surface area is 156 Å². The van der Waals surface area contributed by atoms with Gasteiger partial charge in [0.1, 0.15) is 16.4 Å². The van der Waals surface area contributed by atoms with E-state index in [-0.39, 0.29) is 5.91 Å². The van der Waals surface area contributed by atoms with Crippen molar-refractivity contribution in [1.29, 1.82) is 0 Å². The highest BCUT2D eigenvalue weighted by Gasteiger charge is 2.18. The molecule has 0 bridgehead atoms. The fourth-order valence-corrected chi connectivity index (χ4v) is 4.31. The zero-order chi connectivity index (χ0) is 17.8. The van der Waals surface area contributed by atoms with E-state index in [4.69, 9.17) is 0 Å². The predicted octanol–water partition coefficient (Wildman–Crippen LogP) is 4.51. The second-order valence-corrected chi connectivity index (χ2v) is 7.62. The number of carbonyl (C=O) groups excluding carboxylic acids is 1. The van der Waals surface area contributed by atoms with Gasteiger partial charge in [-0.1, -0.05) is 49.6 Å². The predicted molar refractivity (Wildman–Crippen MR) is 104 cm³/mol. The Morgan fingerprint density at radius 2 is 2.00 bits per heavy atom. The molecule has 2 heterocycles. The van der Waals surface area contributed by atoms with Gasteiger partial charge in [0.05, 0.1) is 5.56 Å². The molecule has 0 radical (unpaired) electrons. The van der Waals surface area contributed by atoms with Gasteiger partial charge in [-0.3, -0.25) is 9.89 Å². The van der Waals surface area contributed by atoms with Gasteiger partial charge in [0.25, 0.3) is 5.91 Å². The minimum Gasteiger partial charge on any atom is -0.350 e. The van der Waals surface area contributed by atoms with Crippen molar-refractivity contribution in [2.24, 2.45) is 5.92 Å². The molecule has 1 aliphatic rings. The molecule has 6 heteroatoms. The Kier molecular flexibility index (Phi) is 5.11. The highest BCUT2D eigenvalue weighted by Crippen LogP contribution is 2.32. The molecule has 1 fully saturated rings. The summed E-state index contributed by atoms with van der Waals surface area (Å²) in [5, 5.41) is 13.0. The monoisotopic (exact) mass is 366 g/mol. The Morgan fingerprint density at radius 3 is 2.81 bits per heavy atom. The molecule has 4 rings (SSSR count). The molecule has 3 aromatic rings. The lowest BCUT2D eigenvalue weighted by atomic mass is 9.89. The standard InChI is InChI=1S/C20H22N4OS/c25-19(21-11-14-7-3-1-4-8-14)17-13-26-20(23-17)16-12-22-24-18(16)15-9-5-2-6-10-15/h2,5-6,9-10,12-14H,1,3-4,7-8,11H2,(H,21,25)(H,22,24). The van der Waals surface area contributed by atoms with Gasteiger partial charge in [-0.2, -0.15) is 5.10 Å². The van der Waals surface area contributed by atoms with E-state index in [0.29, 0.717) is 11.6 Å². The fourth-order valence-electron chi connectivity index (χ4n) is 3.49. The van der Waals surface area contributed by atoms with Crippen LogP contribution in [0, 0.1) is 5.92 Å². The molecule has 1 aromatic carbocycles. The van der Waals surface area contributed by atoms with Crippen molar-refractivity contribution >= 4 is 17.2 Å². The second-order valence-electron chi connectivity index (χ2n) is 6.77. The largest absolute Gasteiger partial charge is 0.350 e. The van der Waals surface area contributed by atoms with Crippen LogP contribution in [0.15, 0.2) is 41.9 Å². The molecule has 1 amide bonds. The molecule has 0 saturated heterocycles. The lowest BCUT2D eigenvalue weighted by molar-refractivity contribution is 0.0939. The summed E-state index contributed by atoms with van der Waals surface area (Å²) >= 11 is 1.47. The summed E-state index contributed by atoms with van der Waals surface area (Å²) in [6.45, 7) is 0.757. The third-order valence-electron chi connectivity index (χ3n) is 4.93. The normalized spacial score (nSPS) is 15.1. The van der Waals surface area contributed by atoms with Crippen LogP contribution in [0.3, 0.4) is 0 Å². The third kappa shape index (κ3) is 3.70. The first-order valence-electron chi connectivity index (χ1n) is 9.14. The van der Waals surface area contributed by atoms with Crippen LogP contribution in [0.2, 0.25) is 0 Å². The van der Waals surface area contributed by atoms with Gasteiger partial charge in [0.15, 0.2) is 0 Å². The number of hydrogen-bond acceptors (Lipinski definition) is 4. The lowest BCUT2D eigenvalue weighted by Crippen LogP contribution is -2.30. The zero-order valence-electron chi connectivity index (χ0n) is 14.6. The Morgan fingerprint density at radius 1 is 1.19 bits per heavy atom. The maximum absolute atomic E-state index is 12.4. The summed E-state index contributed by atoms with van der Waals surface area (Å²) in [6, 6.07) is 9.99. The zero-order valence-corrected chi connectivity index (χ0v) is 15.4. The number of nitrogens with zero attached hydrogens (tertiary/aromatic N) is 2. The van der Waals surface area contributed by atoms with Crippen LogP contribution in [-0.4, -0.2) is 27.6 Å². The van der Waals surface area contributed by atoms with Crippen LogP contribution in [0.4, 0.5) is 0 Å². The number of hydrogen-bond donors (Lipinski definition) is 2. The number of carbonyl (C=O) groups is 1. The lowest BCUT2D eigenvalue weighted by Gasteiger charge is -2.21. The number of benzene rings is 1. The van der Waals surface area contributed by atoms with Crippen LogP contribution in [0.1, 0.15) is 42.6 Å². The maximum Gasteiger partial charge on any atom is 0.270 e. The van der Waals surface area contributed by atoms with E-state index in [1.165, 1.54) is 43.4 Å². The molecule has 2 N–H and O–H groups in total. The Balaban J connectivity index is 1.47. The van der Waals surface area contributed by atoms with Gasteiger partial charge in [0, 0.05) is 23.7 Å². The van der Waals surface area contributed by atoms with E-state index in [1.54, 1.807) is 0 Å². The van der Waals surface area contributed by atoms with Crippen molar-refractivity contribution in [3.63, 3.8) is 0 Å². The maximum atomic E-state index is 12.4. The highest BCUT2D eigenvalue weighted by molar-refractivity contribution is 7.13. The summed E-state index contributed by atoms with van der Waals surface area (Å²) in [5.41, 5.74) is 3.30. The first-order chi connectivity index (χ1) is 12.8. The molecule has 1 aliphatic carbocycles. The van der Waals surface area contributed by atoms with E-state index < -0.39 is 0 Å². The molecule has 0 atom stereocenters. The average molecular weight is 366 g/mol. The topological polar surface area (TPSA) is 70.7 Å². The SMILES string of the molecule is O=C(NCC1CCCCC1)c1csc(-c2c[nH]nc2-c2ccccc2)n1. The summed E-state index contributed by atoms with van der Waals surface area (Å²) in [5.74, 6) is 0.534. The van der Waals surface area contributed by atoms with Gasteiger partial charge in [0.2, 0.25) is 0 Å². The van der Waals surface area contributed by atoms with Crippen molar-refractivity contribution in [3.8, 4) is 21.8 Å². The van der Waals surface area contributed by atoms with Crippen molar-refractivity contribution in [2.75, 3.05) is 6.54 Å². The number of amides is 1. The second kappa shape index (κ2) is 7.83. The Bertz CT molecular complexity index is 865. The molecule has 0 aliphatic heterocycles. The smallest absolute Gasteiger partial charge is 0.270 e. The molecule has 0 unspecified atom stereocenters. The molecule has 26 heavy (non-hydrogen) atoms. The van der Waals surface area contributed by atoms with E-state index in [2.05, 4.69) is 20.5 Å². The van der Waals surface area contributed by atoms with Crippen LogP contribution >= 0.6 is 11.3 Å². The minimum atomic E-state index is -0.0807. The van der Waals surface area contributed by atoms with Crippen LogP contribution < -0.4 is 5.32 Å². The number of aromatic nitrogens is 3. The summed E-state index contributed by atoms with van der Waals surface area (Å²) in [7, 11) is 0. The van der Waals surface area contributed by atoms with E-state index >= 15 is 0 Å². The van der Waals surface area contributed by atoms with Crippen molar-refractivity contribution in [1.82, 2.24) is 20.5 Å². The summed E-state index contributed by atoms with van der Waals surface area (Å²) in [6.07, 6.45) is 8.17. The van der Waals surface area contributed by atoms with Crippen molar-refractivity contribution in [2.45, 2.75) is 32.1 Å². The fraction of sp³-hybridized carbons (Fsp3) is 0.350. The van der Waals surface area contributed by atoms with Gasteiger partial charge < -0.3 is 5.32 Å². The van der Waals surface area contributed by atoms with Gasteiger partial charge in [-0.05, 0) is 18.8 Å². The van der Waals surface area contributed by atoms with Crippen LogP contribution in [-0.2, 0) is 0 Å². The number of aromatic amines is 1. The van der Waals surface area contributed by atoms with Gasteiger partial charge in [-0.15, -0.1) is 11.3 Å². The Hall–Kier alpha value is -2.47. The highest BCUT2D eigenvalue weighted by atomic mass is 32.1. The molecule has 5 nitrogen and oxygen atoms in total. The molecule has 2 aromatic heterocycles. The van der Waals surface area contributed by atoms with Gasteiger partial charge >= 0.3 is 0 Å². The summed E-state index contributed by atoms with van der Waals surface area (Å²) < 4.78 is 0. The van der Waals surface area contributed by atoms with E-state index in [0.717, 1.165) is 28.4 Å². The molecule has 1 saturated carbocycles. The van der Waals surface area contributed by atoms with Crippen LogP contribution in [0.5, 0.6) is 0 Å². The first-order valence-corrected chi connectivity index (χ1v) is 10.0. The third-order valence-corrected chi connectivity index (χ3v) is 5.81. The summed E-state index contributed by atoms with van der Waals surface area (Å²) in [4.78, 5) is 17.0. The number of H-pyrrole nitrogens is 1. The molecular formula is C20H22N4OS. The van der Waals surface area contributed by atoms with Crippen molar-refractivity contribution < 1.29 is 4.79 Å². The van der Waals surface area contributed by atoms with Crippen molar-refractivity contribution in [3.05, 3.63) is 47.6 Å². The number of thiazole rings is 1. The quantitative estimate of drug-likeness (QED) is 0.698. The van der Waals surface area contributed by atoms with E-state index in [9.17, 15) is 4.79 Å². The van der Waals surface area contributed by atoms with E-state index in [1.807, 2.05) is 41.9 Å². The first kappa shape index (κ1) is 17.0. The number of rotatable bonds is 5.